The zero-order valence-corrected chi connectivity index (χ0v) is 18.7. The minimum atomic E-state index is -3.70. The molecule has 0 unspecified atom stereocenters. The Bertz CT molecular complexity index is 1130. The van der Waals surface area contributed by atoms with Crippen molar-refractivity contribution in [1.82, 2.24) is 0 Å². The zero-order valence-electron chi connectivity index (χ0n) is 17.0. The third-order valence-electron chi connectivity index (χ3n) is 4.41. The van der Waals surface area contributed by atoms with Crippen molar-refractivity contribution in [3.8, 4) is 0 Å². The van der Waals surface area contributed by atoms with Gasteiger partial charge in [0, 0.05) is 16.3 Å². The van der Waals surface area contributed by atoms with Crippen LogP contribution in [-0.4, -0.2) is 19.6 Å². The van der Waals surface area contributed by atoms with Crippen LogP contribution in [0, 0.1) is 13.8 Å². The van der Waals surface area contributed by atoms with Gasteiger partial charge in [-0.3, -0.25) is 9.52 Å². The minimum Gasteiger partial charge on any atom is -0.325 e. The van der Waals surface area contributed by atoms with Crippen molar-refractivity contribution in [1.29, 1.82) is 0 Å². The number of amides is 1. The van der Waals surface area contributed by atoms with E-state index in [4.69, 9.17) is 0 Å². The minimum absolute atomic E-state index is 0.129. The lowest BCUT2D eigenvalue weighted by Gasteiger charge is -2.13. The monoisotopic (exact) mass is 440 g/mol. The predicted molar refractivity (Wildman–Crippen MR) is 124 cm³/mol. The molecule has 0 bridgehead atoms. The van der Waals surface area contributed by atoms with Crippen molar-refractivity contribution in [2.24, 2.45) is 0 Å². The van der Waals surface area contributed by atoms with E-state index in [9.17, 15) is 13.2 Å². The van der Waals surface area contributed by atoms with Crippen molar-refractivity contribution in [3.63, 3.8) is 0 Å². The van der Waals surface area contributed by atoms with E-state index in [-0.39, 0.29) is 16.1 Å². The van der Waals surface area contributed by atoms with Gasteiger partial charge in [-0.25, -0.2) is 8.42 Å². The highest BCUT2D eigenvalue weighted by atomic mass is 32.2. The Morgan fingerprint density at radius 3 is 2.17 bits per heavy atom. The Morgan fingerprint density at radius 2 is 1.53 bits per heavy atom. The van der Waals surface area contributed by atoms with Crippen molar-refractivity contribution in [3.05, 3.63) is 83.9 Å². The van der Waals surface area contributed by atoms with Gasteiger partial charge in [0.1, 0.15) is 0 Å². The molecule has 0 spiro atoms. The van der Waals surface area contributed by atoms with Gasteiger partial charge in [0.2, 0.25) is 5.91 Å². The Labute approximate surface area is 182 Å². The number of carbonyl (C=O) groups excluding carboxylic acids is 1. The molecule has 5 nitrogen and oxygen atoms in total. The lowest BCUT2D eigenvalue weighted by atomic mass is 10.2. The van der Waals surface area contributed by atoms with Crippen LogP contribution in [0.3, 0.4) is 0 Å². The summed E-state index contributed by atoms with van der Waals surface area (Å²) < 4.78 is 27.7. The first-order chi connectivity index (χ1) is 14.2. The van der Waals surface area contributed by atoms with E-state index >= 15 is 0 Å². The molecule has 0 fully saturated rings. The van der Waals surface area contributed by atoms with Gasteiger partial charge in [-0.2, -0.15) is 0 Å². The van der Waals surface area contributed by atoms with Crippen LogP contribution < -0.4 is 10.0 Å². The summed E-state index contributed by atoms with van der Waals surface area (Å²) in [5.41, 5.74) is 3.19. The summed E-state index contributed by atoms with van der Waals surface area (Å²) in [4.78, 5) is 13.6. The topological polar surface area (TPSA) is 75.3 Å². The molecule has 7 heteroatoms. The summed E-state index contributed by atoms with van der Waals surface area (Å²) in [7, 11) is -3.70. The fraction of sp³-hybridized carbons (Fsp3) is 0.174. The summed E-state index contributed by atoms with van der Waals surface area (Å²) in [5, 5.41) is 2.54. The van der Waals surface area contributed by atoms with Crippen LogP contribution in [0.15, 0.2) is 82.6 Å². The maximum atomic E-state index is 12.6. The molecule has 0 saturated heterocycles. The summed E-state index contributed by atoms with van der Waals surface area (Å²) in [6.45, 7) is 5.75. The molecule has 0 aromatic heterocycles. The molecule has 0 aliphatic carbocycles. The van der Waals surface area contributed by atoms with Gasteiger partial charge in [-0.15, -0.1) is 11.8 Å². The highest BCUT2D eigenvalue weighted by molar-refractivity contribution is 8.00. The van der Waals surface area contributed by atoms with Gasteiger partial charge in [-0.1, -0.05) is 29.8 Å². The molecule has 30 heavy (non-hydrogen) atoms. The Morgan fingerprint density at radius 1 is 0.867 bits per heavy atom. The van der Waals surface area contributed by atoms with Crippen LogP contribution >= 0.6 is 11.8 Å². The van der Waals surface area contributed by atoms with Crippen molar-refractivity contribution < 1.29 is 13.2 Å². The molecule has 0 saturated carbocycles. The molecule has 3 rings (SSSR count). The normalized spacial score (nSPS) is 12.2. The molecule has 0 heterocycles. The highest BCUT2D eigenvalue weighted by Gasteiger charge is 2.17. The van der Waals surface area contributed by atoms with Crippen LogP contribution in [-0.2, 0) is 14.8 Å². The number of nitrogens with one attached hydrogen (secondary N) is 2. The van der Waals surface area contributed by atoms with E-state index < -0.39 is 10.0 Å². The van der Waals surface area contributed by atoms with Crippen molar-refractivity contribution >= 4 is 39.1 Å². The SMILES string of the molecule is Cc1ccc(S[C@@H](C)C(=O)Nc2ccc(S(=O)(=O)Nc3cccc(C)c3)cc2)cc1. The van der Waals surface area contributed by atoms with E-state index in [1.807, 2.05) is 51.1 Å². The number of anilines is 2. The number of benzene rings is 3. The first kappa shape index (κ1) is 21.9. The van der Waals surface area contributed by atoms with Crippen molar-refractivity contribution in [2.45, 2.75) is 35.8 Å². The summed E-state index contributed by atoms with van der Waals surface area (Å²) in [5.74, 6) is -0.144. The van der Waals surface area contributed by atoms with Crippen LogP contribution in [0.2, 0.25) is 0 Å². The number of rotatable bonds is 7. The second-order valence-electron chi connectivity index (χ2n) is 7.06. The number of thioether (sulfide) groups is 1. The molecule has 0 aliphatic rings. The third-order valence-corrected chi connectivity index (χ3v) is 6.91. The maximum Gasteiger partial charge on any atom is 0.261 e. The van der Waals surface area contributed by atoms with E-state index in [1.165, 1.54) is 29.5 Å². The summed E-state index contributed by atoms with van der Waals surface area (Å²) in [6.07, 6.45) is 0. The second kappa shape index (κ2) is 9.36. The fourth-order valence-corrected chi connectivity index (χ4v) is 4.68. The first-order valence-corrected chi connectivity index (χ1v) is 11.8. The van der Waals surface area contributed by atoms with E-state index in [0.29, 0.717) is 11.4 Å². The van der Waals surface area contributed by atoms with E-state index in [0.717, 1.165) is 10.5 Å². The number of carbonyl (C=O) groups is 1. The second-order valence-corrected chi connectivity index (χ2v) is 10.2. The predicted octanol–water partition coefficient (Wildman–Crippen LogP) is 5.22. The zero-order chi connectivity index (χ0) is 21.7. The van der Waals surface area contributed by atoms with Crippen LogP contribution in [0.25, 0.3) is 0 Å². The van der Waals surface area contributed by atoms with E-state index in [1.54, 1.807) is 30.3 Å². The highest BCUT2D eigenvalue weighted by Crippen LogP contribution is 2.25. The first-order valence-electron chi connectivity index (χ1n) is 9.47. The van der Waals surface area contributed by atoms with Gasteiger partial charge in [0.25, 0.3) is 10.0 Å². The largest absolute Gasteiger partial charge is 0.325 e. The van der Waals surface area contributed by atoms with E-state index in [2.05, 4.69) is 10.0 Å². The van der Waals surface area contributed by atoms with Gasteiger partial charge >= 0.3 is 0 Å². The average Bonchev–Trinajstić information content (AvgIpc) is 2.70. The summed E-state index contributed by atoms with van der Waals surface area (Å²) >= 11 is 1.47. The van der Waals surface area contributed by atoms with Crippen LogP contribution in [0.1, 0.15) is 18.1 Å². The molecule has 1 amide bonds. The van der Waals surface area contributed by atoms with Crippen LogP contribution in [0.4, 0.5) is 11.4 Å². The quantitative estimate of drug-likeness (QED) is 0.494. The molecule has 3 aromatic carbocycles. The molecule has 1 atom stereocenters. The molecule has 2 N–H and O–H groups in total. The lowest BCUT2D eigenvalue weighted by Crippen LogP contribution is -2.22. The average molecular weight is 441 g/mol. The van der Waals surface area contributed by atoms with Gasteiger partial charge in [-0.05, 0) is 74.9 Å². The standard InChI is InChI=1S/C23H24N2O3S2/c1-16-7-11-21(12-8-16)29-18(3)23(26)24-19-9-13-22(14-10-19)30(27,28)25-20-6-4-5-17(2)15-20/h4-15,18,25H,1-3H3,(H,24,26)/t18-/m0/s1. The Kier molecular flexibility index (Phi) is 6.84. The smallest absolute Gasteiger partial charge is 0.261 e. The Hall–Kier alpha value is -2.77. The number of sulfonamides is 1. The number of hydrogen-bond acceptors (Lipinski definition) is 4. The third kappa shape index (κ3) is 5.87. The molecule has 156 valence electrons. The summed E-state index contributed by atoms with van der Waals surface area (Å²) in [6, 6.07) is 21.3. The van der Waals surface area contributed by atoms with Crippen LogP contribution in [0.5, 0.6) is 0 Å². The lowest BCUT2D eigenvalue weighted by molar-refractivity contribution is -0.115. The van der Waals surface area contributed by atoms with Gasteiger partial charge < -0.3 is 5.32 Å². The maximum absolute atomic E-state index is 12.6. The fourth-order valence-electron chi connectivity index (χ4n) is 2.76. The molecule has 0 radical (unpaired) electrons. The van der Waals surface area contributed by atoms with Gasteiger partial charge in [0.15, 0.2) is 0 Å². The molecule has 0 aliphatic heterocycles. The Balaban J connectivity index is 1.63. The molecule has 3 aromatic rings. The van der Waals surface area contributed by atoms with Gasteiger partial charge in [0.05, 0.1) is 10.1 Å². The van der Waals surface area contributed by atoms with Crippen molar-refractivity contribution in [2.75, 3.05) is 10.0 Å². The molecular formula is C23H24N2O3S2. The number of aryl methyl sites for hydroxylation is 2. The number of hydrogen-bond donors (Lipinski definition) is 2. The molecular weight excluding hydrogens is 416 g/mol.